The van der Waals surface area contributed by atoms with Crippen LogP contribution in [0.1, 0.15) is 10.4 Å². The molecule has 0 aliphatic carbocycles. The molecule has 0 fully saturated rings. The van der Waals surface area contributed by atoms with Gasteiger partial charge in [0.2, 0.25) is 5.82 Å². The van der Waals surface area contributed by atoms with E-state index in [2.05, 4.69) is 21.2 Å². The fourth-order valence-electron chi connectivity index (χ4n) is 1.58. The number of carbonyl (C=O) groups is 1. The van der Waals surface area contributed by atoms with Crippen molar-refractivity contribution in [3.8, 4) is 0 Å². The molecular formula is C13H7BrF2N2O3. The predicted octanol–water partition coefficient (Wildman–Crippen LogP) is 3.89. The Balaban J connectivity index is 2.28. The van der Waals surface area contributed by atoms with E-state index in [-0.39, 0.29) is 11.3 Å². The summed E-state index contributed by atoms with van der Waals surface area (Å²) in [7, 11) is 0. The maximum atomic E-state index is 13.2. The van der Waals surface area contributed by atoms with Gasteiger partial charge in [0.05, 0.1) is 10.6 Å². The summed E-state index contributed by atoms with van der Waals surface area (Å²) in [6.45, 7) is 0. The second-order valence-electron chi connectivity index (χ2n) is 4.00. The van der Waals surface area contributed by atoms with Crippen LogP contribution in [0.15, 0.2) is 40.9 Å². The molecule has 0 saturated heterocycles. The van der Waals surface area contributed by atoms with Crippen molar-refractivity contribution in [2.24, 2.45) is 0 Å². The fourth-order valence-corrected chi connectivity index (χ4v) is 2.03. The molecule has 8 heteroatoms. The molecule has 0 aromatic heterocycles. The van der Waals surface area contributed by atoms with Gasteiger partial charge < -0.3 is 5.32 Å². The van der Waals surface area contributed by atoms with E-state index in [1.807, 2.05) is 0 Å². The van der Waals surface area contributed by atoms with Crippen molar-refractivity contribution in [3.05, 3.63) is 68.2 Å². The molecule has 2 aromatic rings. The minimum atomic E-state index is -1.03. The molecule has 0 radical (unpaired) electrons. The van der Waals surface area contributed by atoms with Crippen LogP contribution in [-0.4, -0.2) is 10.8 Å². The second kappa shape index (κ2) is 5.96. The molecule has 2 rings (SSSR count). The summed E-state index contributed by atoms with van der Waals surface area (Å²) in [4.78, 5) is 21.7. The summed E-state index contributed by atoms with van der Waals surface area (Å²) in [6, 6.07) is 6.43. The SMILES string of the molecule is O=C(Nc1ccc(F)cc1Br)c1ccc(F)c([N+](=O)[O-])c1. The third kappa shape index (κ3) is 3.40. The van der Waals surface area contributed by atoms with E-state index >= 15 is 0 Å². The van der Waals surface area contributed by atoms with Crippen molar-refractivity contribution in [2.75, 3.05) is 5.32 Å². The van der Waals surface area contributed by atoms with Gasteiger partial charge in [-0.1, -0.05) is 0 Å². The number of halogens is 3. The zero-order valence-corrected chi connectivity index (χ0v) is 11.9. The number of carbonyl (C=O) groups excluding carboxylic acids is 1. The average molecular weight is 357 g/mol. The van der Waals surface area contributed by atoms with Crippen LogP contribution < -0.4 is 5.32 Å². The Morgan fingerprint density at radius 1 is 1.19 bits per heavy atom. The minimum absolute atomic E-state index is 0.0840. The monoisotopic (exact) mass is 356 g/mol. The molecule has 1 amide bonds. The normalized spacial score (nSPS) is 10.2. The summed E-state index contributed by atoms with van der Waals surface area (Å²) in [5.41, 5.74) is -0.589. The van der Waals surface area contributed by atoms with Gasteiger partial charge in [-0.15, -0.1) is 0 Å². The van der Waals surface area contributed by atoms with E-state index in [1.165, 1.54) is 6.07 Å². The molecule has 0 aliphatic rings. The largest absolute Gasteiger partial charge is 0.321 e. The lowest BCUT2D eigenvalue weighted by atomic mass is 10.1. The highest BCUT2D eigenvalue weighted by atomic mass is 79.9. The molecular weight excluding hydrogens is 350 g/mol. The smallest absolute Gasteiger partial charge is 0.305 e. The average Bonchev–Trinajstić information content (AvgIpc) is 2.42. The Labute approximate surface area is 125 Å². The number of rotatable bonds is 3. The zero-order chi connectivity index (χ0) is 15.6. The number of hydrogen-bond acceptors (Lipinski definition) is 3. The first-order valence-corrected chi connectivity index (χ1v) is 6.38. The van der Waals surface area contributed by atoms with Crippen LogP contribution in [0.3, 0.4) is 0 Å². The fraction of sp³-hybridized carbons (Fsp3) is 0. The minimum Gasteiger partial charge on any atom is -0.321 e. The third-order valence-electron chi connectivity index (χ3n) is 2.58. The van der Waals surface area contributed by atoms with Crippen LogP contribution in [-0.2, 0) is 0 Å². The first kappa shape index (κ1) is 15.0. The molecule has 5 nitrogen and oxygen atoms in total. The lowest BCUT2D eigenvalue weighted by Crippen LogP contribution is -2.13. The Hall–Kier alpha value is -2.35. The van der Waals surface area contributed by atoms with Crippen molar-refractivity contribution >= 4 is 33.2 Å². The lowest BCUT2D eigenvalue weighted by Gasteiger charge is -2.07. The highest BCUT2D eigenvalue weighted by molar-refractivity contribution is 9.10. The van der Waals surface area contributed by atoms with Gasteiger partial charge in [-0.05, 0) is 46.3 Å². The van der Waals surface area contributed by atoms with Crippen molar-refractivity contribution < 1.29 is 18.5 Å². The summed E-state index contributed by atoms with van der Waals surface area (Å²) >= 11 is 3.07. The Kier molecular flexibility index (Phi) is 4.27. The zero-order valence-electron chi connectivity index (χ0n) is 10.3. The van der Waals surface area contributed by atoms with Crippen molar-refractivity contribution in [3.63, 3.8) is 0 Å². The summed E-state index contributed by atoms with van der Waals surface area (Å²) in [5, 5.41) is 13.1. The summed E-state index contributed by atoms with van der Waals surface area (Å²) in [6.07, 6.45) is 0. The van der Waals surface area contributed by atoms with Gasteiger partial charge >= 0.3 is 5.69 Å². The highest BCUT2D eigenvalue weighted by Crippen LogP contribution is 2.24. The third-order valence-corrected chi connectivity index (χ3v) is 3.24. The number of nitro groups is 1. The van der Waals surface area contributed by atoms with Gasteiger partial charge in [0.1, 0.15) is 5.82 Å². The number of nitrogens with one attached hydrogen (secondary N) is 1. The summed E-state index contributed by atoms with van der Waals surface area (Å²) in [5.74, 6) is -2.19. The van der Waals surface area contributed by atoms with Crippen molar-refractivity contribution in [1.82, 2.24) is 0 Å². The van der Waals surface area contributed by atoms with Crippen LogP contribution in [0.2, 0.25) is 0 Å². The molecule has 0 aliphatic heterocycles. The molecule has 0 spiro atoms. The van der Waals surface area contributed by atoms with E-state index in [0.29, 0.717) is 4.47 Å². The van der Waals surface area contributed by atoms with Gasteiger partial charge in [0.25, 0.3) is 5.91 Å². The van der Waals surface area contributed by atoms with Gasteiger partial charge in [0.15, 0.2) is 0 Å². The number of amides is 1. The number of nitrogens with zero attached hydrogens (tertiary/aromatic N) is 1. The molecule has 108 valence electrons. The molecule has 0 saturated carbocycles. The molecule has 0 heterocycles. The highest BCUT2D eigenvalue weighted by Gasteiger charge is 2.18. The molecule has 1 N–H and O–H groups in total. The quantitative estimate of drug-likeness (QED) is 0.669. The van der Waals surface area contributed by atoms with Crippen molar-refractivity contribution in [1.29, 1.82) is 0 Å². The molecule has 21 heavy (non-hydrogen) atoms. The Morgan fingerprint density at radius 3 is 2.52 bits per heavy atom. The Morgan fingerprint density at radius 2 is 1.90 bits per heavy atom. The van der Waals surface area contributed by atoms with Crippen LogP contribution in [0.5, 0.6) is 0 Å². The first-order chi connectivity index (χ1) is 9.88. The lowest BCUT2D eigenvalue weighted by molar-refractivity contribution is -0.387. The van der Waals surface area contributed by atoms with E-state index in [1.54, 1.807) is 0 Å². The first-order valence-electron chi connectivity index (χ1n) is 5.59. The van der Waals surface area contributed by atoms with E-state index < -0.39 is 28.2 Å². The number of anilines is 1. The topological polar surface area (TPSA) is 72.2 Å². The standard InChI is InChI=1S/C13H7BrF2N2O3/c14-9-6-8(15)2-4-11(9)17-13(19)7-1-3-10(16)12(5-7)18(20)21/h1-6H,(H,17,19). The van der Waals surface area contributed by atoms with Crippen molar-refractivity contribution in [2.45, 2.75) is 0 Å². The van der Waals surface area contributed by atoms with Gasteiger partial charge in [-0.25, -0.2) is 4.39 Å². The maximum absolute atomic E-state index is 13.2. The molecule has 0 bridgehead atoms. The van der Waals surface area contributed by atoms with Crippen LogP contribution in [0.4, 0.5) is 20.2 Å². The Bertz CT molecular complexity index is 737. The summed E-state index contributed by atoms with van der Waals surface area (Å²) < 4.78 is 26.4. The number of nitro benzene ring substituents is 1. The molecule has 0 unspecified atom stereocenters. The van der Waals surface area contributed by atoms with Gasteiger partial charge in [-0.2, -0.15) is 4.39 Å². The van der Waals surface area contributed by atoms with E-state index in [4.69, 9.17) is 0 Å². The van der Waals surface area contributed by atoms with Crippen LogP contribution in [0.25, 0.3) is 0 Å². The van der Waals surface area contributed by atoms with E-state index in [9.17, 15) is 23.7 Å². The van der Waals surface area contributed by atoms with Crippen LogP contribution in [0, 0.1) is 21.7 Å². The van der Waals surface area contributed by atoms with Gasteiger partial charge in [-0.3, -0.25) is 14.9 Å². The molecule has 2 aromatic carbocycles. The molecule has 0 atom stereocenters. The van der Waals surface area contributed by atoms with Crippen LogP contribution >= 0.6 is 15.9 Å². The van der Waals surface area contributed by atoms with E-state index in [0.717, 1.165) is 30.3 Å². The predicted molar refractivity (Wildman–Crippen MR) is 75.1 cm³/mol. The number of hydrogen-bond donors (Lipinski definition) is 1. The van der Waals surface area contributed by atoms with Gasteiger partial charge in [0, 0.05) is 16.1 Å². The second-order valence-corrected chi connectivity index (χ2v) is 4.86. The number of benzene rings is 2. The maximum Gasteiger partial charge on any atom is 0.305 e.